The maximum atomic E-state index is 13.0. The first-order valence-electron chi connectivity index (χ1n) is 5.55. The van der Waals surface area contributed by atoms with E-state index in [9.17, 15) is 9.18 Å². The summed E-state index contributed by atoms with van der Waals surface area (Å²) in [6.07, 6.45) is 1.62. The van der Waals surface area contributed by atoms with Crippen molar-refractivity contribution in [2.24, 2.45) is 0 Å². The highest BCUT2D eigenvalue weighted by atomic mass is 19.1. The number of hydrogen-bond donors (Lipinski definition) is 0. The molecule has 1 amide bonds. The van der Waals surface area contributed by atoms with Crippen LogP contribution in [0.1, 0.15) is 15.9 Å². The fourth-order valence-electron chi connectivity index (χ4n) is 1.70. The van der Waals surface area contributed by atoms with Gasteiger partial charge in [0.1, 0.15) is 11.6 Å². The van der Waals surface area contributed by atoms with Gasteiger partial charge >= 0.3 is 0 Å². The van der Waals surface area contributed by atoms with Crippen LogP contribution in [0.2, 0.25) is 0 Å². The number of aryl methyl sites for hydroxylation is 1. The van der Waals surface area contributed by atoms with Crippen LogP contribution in [0, 0.1) is 12.7 Å². The highest BCUT2D eigenvalue weighted by Gasteiger charge is 2.16. The van der Waals surface area contributed by atoms with Crippen LogP contribution in [0.3, 0.4) is 0 Å². The first-order chi connectivity index (χ1) is 8.59. The number of benzene rings is 1. The number of amides is 1. The molecule has 0 unspecified atom stereocenters. The van der Waals surface area contributed by atoms with Gasteiger partial charge in [-0.05, 0) is 42.8 Å². The summed E-state index contributed by atoms with van der Waals surface area (Å²) in [6, 6.07) is 9.46. The quantitative estimate of drug-likeness (QED) is 0.813. The monoisotopic (exact) mass is 244 g/mol. The number of carbonyl (C=O) groups excluding carboxylic acids is 1. The topological polar surface area (TPSA) is 33.2 Å². The molecule has 2 aromatic rings. The molecule has 0 N–H and O–H groups in total. The molecular formula is C14H13FN2O. The Hall–Kier alpha value is -2.23. The molecule has 92 valence electrons. The number of halogens is 1. The molecule has 0 spiro atoms. The molecule has 0 bridgehead atoms. The lowest BCUT2D eigenvalue weighted by molar-refractivity contribution is 0.0991. The van der Waals surface area contributed by atoms with Gasteiger partial charge in [-0.1, -0.05) is 6.07 Å². The van der Waals surface area contributed by atoms with Gasteiger partial charge in [0.2, 0.25) is 0 Å². The first kappa shape index (κ1) is 12.2. The summed E-state index contributed by atoms with van der Waals surface area (Å²) in [5, 5.41) is 0. The number of rotatable bonds is 2. The molecule has 0 saturated carbocycles. The van der Waals surface area contributed by atoms with E-state index in [1.165, 1.54) is 23.1 Å². The molecule has 1 aromatic heterocycles. The van der Waals surface area contributed by atoms with Crippen LogP contribution in [0.15, 0.2) is 42.6 Å². The van der Waals surface area contributed by atoms with E-state index in [4.69, 9.17) is 0 Å². The number of anilines is 1. The predicted octanol–water partition coefficient (Wildman–Crippen LogP) is 2.81. The average Bonchev–Trinajstić information content (AvgIpc) is 2.38. The van der Waals surface area contributed by atoms with Crippen molar-refractivity contribution in [3.05, 3.63) is 59.5 Å². The summed E-state index contributed by atoms with van der Waals surface area (Å²) >= 11 is 0. The Labute approximate surface area is 105 Å². The predicted molar refractivity (Wildman–Crippen MR) is 68.1 cm³/mol. The molecule has 1 heterocycles. The lowest BCUT2D eigenvalue weighted by Gasteiger charge is -2.17. The molecule has 4 heteroatoms. The van der Waals surface area contributed by atoms with Gasteiger partial charge in [0.15, 0.2) is 0 Å². The van der Waals surface area contributed by atoms with Gasteiger partial charge < -0.3 is 0 Å². The zero-order valence-electron chi connectivity index (χ0n) is 10.2. The van der Waals surface area contributed by atoms with E-state index < -0.39 is 0 Å². The minimum atomic E-state index is -0.343. The maximum Gasteiger partial charge on any atom is 0.259 e. The lowest BCUT2D eigenvalue weighted by Crippen LogP contribution is -2.27. The normalized spacial score (nSPS) is 10.2. The fraction of sp³-hybridized carbons (Fsp3) is 0.143. The minimum Gasteiger partial charge on any atom is -0.296 e. The second-order valence-electron chi connectivity index (χ2n) is 4.01. The highest BCUT2D eigenvalue weighted by Crippen LogP contribution is 2.15. The standard InChI is InChI=1S/C14H13FN2O/c1-10-9-11(15)6-7-12(10)14(18)17(2)13-5-3-4-8-16-13/h3-9H,1-2H3. The van der Waals surface area contributed by atoms with E-state index in [-0.39, 0.29) is 11.7 Å². The van der Waals surface area contributed by atoms with Gasteiger partial charge in [-0.3, -0.25) is 9.69 Å². The largest absolute Gasteiger partial charge is 0.296 e. The number of carbonyl (C=O) groups is 1. The van der Waals surface area contributed by atoms with Crippen molar-refractivity contribution in [1.29, 1.82) is 0 Å². The summed E-state index contributed by atoms with van der Waals surface area (Å²) < 4.78 is 13.0. The molecule has 0 saturated heterocycles. The summed E-state index contributed by atoms with van der Waals surface area (Å²) in [7, 11) is 1.65. The molecule has 2 rings (SSSR count). The summed E-state index contributed by atoms with van der Waals surface area (Å²) in [5.41, 5.74) is 1.09. The second-order valence-corrected chi connectivity index (χ2v) is 4.01. The van der Waals surface area contributed by atoms with Crippen molar-refractivity contribution in [2.45, 2.75) is 6.92 Å². The van der Waals surface area contributed by atoms with Gasteiger partial charge in [0.25, 0.3) is 5.91 Å². The SMILES string of the molecule is Cc1cc(F)ccc1C(=O)N(C)c1ccccn1. The molecule has 0 radical (unpaired) electrons. The second kappa shape index (κ2) is 4.96. The van der Waals surface area contributed by atoms with E-state index in [2.05, 4.69) is 4.98 Å². The van der Waals surface area contributed by atoms with Crippen LogP contribution in [-0.4, -0.2) is 17.9 Å². The van der Waals surface area contributed by atoms with Crippen molar-refractivity contribution in [2.75, 3.05) is 11.9 Å². The van der Waals surface area contributed by atoms with E-state index >= 15 is 0 Å². The summed E-state index contributed by atoms with van der Waals surface area (Å²) in [4.78, 5) is 17.8. The fourth-order valence-corrected chi connectivity index (χ4v) is 1.70. The Morgan fingerprint density at radius 3 is 2.67 bits per heavy atom. The van der Waals surface area contributed by atoms with E-state index in [0.717, 1.165) is 0 Å². The van der Waals surface area contributed by atoms with E-state index in [1.54, 1.807) is 32.3 Å². The Kier molecular flexibility index (Phi) is 3.37. The maximum absolute atomic E-state index is 13.0. The number of nitrogens with zero attached hydrogens (tertiary/aromatic N) is 2. The van der Waals surface area contributed by atoms with Crippen molar-refractivity contribution >= 4 is 11.7 Å². The lowest BCUT2D eigenvalue weighted by atomic mass is 10.1. The number of pyridine rings is 1. The van der Waals surface area contributed by atoms with Crippen molar-refractivity contribution in [3.8, 4) is 0 Å². The number of hydrogen-bond acceptors (Lipinski definition) is 2. The zero-order valence-corrected chi connectivity index (χ0v) is 10.2. The van der Waals surface area contributed by atoms with Gasteiger partial charge in [-0.25, -0.2) is 9.37 Å². The van der Waals surface area contributed by atoms with Crippen LogP contribution in [-0.2, 0) is 0 Å². The Morgan fingerprint density at radius 1 is 1.28 bits per heavy atom. The third kappa shape index (κ3) is 2.37. The Balaban J connectivity index is 2.32. The third-order valence-corrected chi connectivity index (χ3v) is 2.72. The van der Waals surface area contributed by atoms with Crippen LogP contribution < -0.4 is 4.90 Å². The molecule has 0 aliphatic rings. The van der Waals surface area contributed by atoms with Crippen LogP contribution in [0.25, 0.3) is 0 Å². The molecule has 0 fully saturated rings. The highest BCUT2D eigenvalue weighted by molar-refractivity contribution is 6.06. The van der Waals surface area contributed by atoms with Crippen LogP contribution in [0.5, 0.6) is 0 Å². The molecule has 0 aliphatic carbocycles. The van der Waals surface area contributed by atoms with Crippen molar-refractivity contribution in [3.63, 3.8) is 0 Å². The molecule has 3 nitrogen and oxygen atoms in total. The molecule has 0 atom stereocenters. The van der Waals surface area contributed by atoms with Crippen molar-refractivity contribution < 1.29 is 9.18 Å². The Bertz CT molecular complexity index is 569. The third-order valence-electron chi connectivity index (χ3n) is 2.72. The molecular weight excluding hydrogens is 231 g/mol. The average molecular weight is 244 g/mol. The number of aromatic nitrogens is 1. The zero-order chi connectivity index (χ0) is 13.1. The van der Waals surface area contributed by atoms with E-state index in [0.29, 0.717) is 16.9 Å². The summed E-state index contributed by atoms with van der Waals surface area (Å²) in [5.74, 6) is 0.0157. The van der Waals surface area contributed by atoms with Crippen LogP contribution >= 0.6 is 0 Å². The smallest absolute Gasteiger partial charge is 0.259 e. The van der Waals surface area contributed by atoms with Gasteiger partial charge in [-0.15, -0.1) is 0 Å². The Morgan fingerprint density at radius 2 is 2.06 bits per heavy atom. The molecule has 18 heavy (non-hydrogen) atoms. The van der Waals surface area contributed by atoms with Crippen LogP contribution in [0.4, 0.5) is 10.2 Å². The van der Waals surface area contributed by atoms with Crippen molar-refractivity contribution in [1.82, 2.24) is 4.98 Å². The van der Waals surface area contributed by atoms with Gasteiger partial charge in [0, 0.05) is 18.8 Å². The molecule has 1 aromatic carbocycles. The van der Waals surface area contributed by atoms with Gasteiger partial charge in [0.05, 0.1) is 0 Å². The van der Waals surface area contributed by atoms with E-state index in [1.807, 2.05) is 6.07 Å². The minimum absolute atomic E-state index is 0.203. The first-order valence-corrected chi connectivity index (χ1v) is 5.55. The van der Waals surface area contributed by atoms with Gasteiger partial charge in [-0.2, -0.15) is 0 Å². The summed E-state index contributed by atoms with van der Waals surface area (Å²) in [6.45, 7) is 1.71. The molecule has 0 aliphatic heterocycles.